The monoisotopic (exact) mass is 320 g/mol. The number of piperazine rings is 1. The summed E-state index contributed by atoms with van der Waals surface area (Å²) in [4.78, 5) is 5.16. The third kappa shape index (κ3) is 3.91. The summed E-state index contributed by atoms with van der Waals surface area (Å²) >= 11 is 0. The predicted molar refractivity (Wildman–Crippen MR) is 91.3 cm³/mol. The molecule has 1 aliphatic heterocycles. The van der Waals surface area contributed by atoms with E-state index in [0.717, 1.165) is 25.5 Å². The van der Waals surface area contributed by atoms with Crippen molar-refractivity contribution in [2.24, 2.45) is 0 Å². The van der Waals surface area contributed by atoms with Crippen LogP contribution in [0, 0.1) is 0 Å². The van der Waals surface area contributed by atoms with Gasteiger partial charge in [0.2, 0.25) is 0 Å². The van der Waals surface area contributed by atoms with Crippen LogP contribution in [0.25, 0.3) is 0 Å². The van der Waals surface area contributed by atoms with E-state index in [1.165, 1.54) is 58.0 Å². The molecule has 2 fully saturated rings. The fourth-order valence-electron chi connectivity index (χ4n) is 4.09. The Morgan fingerprint density at radius 3 is 2.48 bits per heavy atom. The van der Waals surface area contributed by atoms with Crippen LogP contribution in [0.1, 0.15) is 76.7 Å². The van der Waals surface area contributed by atoms with Crippen LogP contribution in [0.15, 0.2) is 0 Å². The highest BCUT2D eigenvalue weighted by molar-refractivity contribution is 4.97. The molecular formula is C17H32N6. The van der Waals surface area contributed by atoms with E-state index in [-0.39, 0.29) is 0 Å². The van der Waals surface area contributed by atoms with Gasteiger partial charge in [0.1, 0.15) is 0 Å². The molecule has 6 heteroatoms. The molecule has 0 bridgehead atoms. The van der Waals surface area contributed by atoms with Crippen LogP contribution in [0.5, 0.6) is 0 Å². The van der Waals surface area contributed by atoms with Crippen molar-refractivity contribution in [1.82, 2.24) is 30.0 Å². The summed E-state index contributed by atoms with van der Waals surface area (Å²) in [6.45, 7) is 10.3. The molecule has 1 saturated heterocycles. The molecule has 2 heterocycles. The van der Waals surface area contributed by atoms with Crippen molar-refractivity contribution in [3.8, 4) is 0 Å². The van der Waals surface area contributed by atoms with Crippen LogP contribution in [0.2, 0.25) is 0 Å². The molecule has 6 nitrogen and oxygen atoms in total. The number of rotatable bonds is 7. The topological polar surface area (TPSA) is 50.1 Å². The second-order valence-electron chi connectivity index (χ2n) is 7.05. The Morgan fingerprint density at radius 2 is 1.83 bits per heavy atom. The van der Waals surface area contributed by atoms with Crippen molar-refractivity contribution in [3.63, 3.8) is 0 Å². The van der Waals surface area contributed by atoms with Gasteiger partial charge < -0.3 is 4.90 Å². The van der Waals surface area contributed by atoms with Gasteiger partial charge in [0.25, 0.3) is 0 Å². The Bertz CT molecular complexity index is 459. The van der Waals surface area contributed by atoms with Crippen molar-refractivity contribution in [1.29, 1.82) is 0 Å². The molecule has 0 N–H and O–H groups in total. The highest BCUT2D eigenvalue weighted by atomic mass is 15.6. The average molecular weight is 320 g/mol. The molecule has 1 atom stereocenters. The smallest absolute Gasteiger partial charge is 0.168 e. The van der Waals surface area contributed by atoms with Gasteiger partial charge in [0, 0.05) is 26.2 Å². The summed E-state index contributed by atoms with van der Waals surface area (Å²) in [6, 6.07) is 0.922. The molecule has 130 valence electrons. The first-order valence-corrected chi connectivity index (χ1v) is 9.57. The van der Waals surface area contributed by atoms with Crippen LogP contribution < -0.4 is 0 Å². The van der Waals surface area contributed by atoms with E-state index in [9.17, 15) is 0 Å². The number of hydrogen-bond acceptors (Lipinski definition) is 5. The van der Waals surface area contributed by atoms with Crippen molar-refractivity contribution in [2.75, 3.05) is 32.7 Å². The van der Waals surface area contributed by atoms with Gasteiger partial charge in [-0.2, -0.15) is 0 Å². The minimum absolute atomic E-state index is 0.393. The first kappa shape index (κ1) is 16.8. The summed E-state index contributed by atoms with van der Waals surface area (Å²) in [6.07, 6.45) is 8.77. The van der Waals surface area contributed by atoms with E-state index in [0.29, 0.717) is 12.1 Å². The first-order valence-electron chi connectivity index (χ1n) is 9.57. The number of unbranched alkanes of at least 4 members (excludes halogenated alkanes) is 1. The molecule has 2 aliphatic rings. The summed E-state index contributed by atoms with van der Waals surface area (Å²) in [5.74, 6) is 1.12. The number of likely N-dealkylation sites (N-methyl/N-ethyl adjacent to an activating group) is 1. The molecule has 0 amide bonds. The maximum atomic E-state index is 4.47. The summed E-state index contributed by atoms with van der Waals surface area (Å²) in [7, 11) is 0. The molecule has 1 aromatic rings. The van der Waals surface area contributed by atoms with Gasteiger partial charge in [0.15, 0.2) is 5.82 Å². The largest absolute Gasteiger partial charge is 0.301 e. The van der Waals surface area contributed by atoms with Crippen molar-refractivity contribution >= 4 is 0 Å². The minimum atomic E-state index is 0.393. The number of tetrazole rings is 1. The van der Waals surface area contributed by atoms with Gasteiger partial charge in [-0.1, -0.05) is 39.5 Å². The van der Waals surface area contributed by atoms with Gasteiger partial charge in [0.05, 0.1) is 12.1 Å². The highest BCUT2D eigenvalue weighted by Crippen LogP contribution is 2.33. The lowest BCUT2D eigenvalue weighted by molar-refractivity contribution is 0.0870. The maximum Gasteiger partial charge on any atom is 0.168 e. The predicted octanol–water partition coefficient (Wildman–Crippen LogP) is 2.66. The summed E-state index contributed by atoms with van der Waals surface area (Å²) < 4.78 is 2.17. The van der Waals surface area contributed by atoms with Crippen molar-refractivity contribution in [2.45, 2.75) is 70.9 Å². The third-order valence-electron chi connectivity index (χ3n) is 5.61. The quantitative estimate of drug-likeness (QED) is 0.773. The van der Waals surface area contributed by atoms with Gasteiger partial charge >= 0.3 is 0 Å². The number of aromatic nitrogens is 4. The van der Waals surface area contributed by atoms with E-state index in [2.05, 4.69) is 43.9 Å². The second kappa shape index (κ2) is 8.20. The summed E-state index contributed by atoms with van der Waals surface area (Å²) in [5, 5.41) is 12.9. The average Bonchev–Trinajstić information content (AvgIpc) is 3.27. The van der Waals surface area contributed by atoms with Crippen molar-refractivity contribution in [3.05, 3.63) is 5.82 Å². The molecular weight excluding hydrogens is 288 g/mol. The Morgan fingerprint density at radius 1 is 1.09 bits per heavy atom. The lowest BCUT2D eigenvalue weighted by Gasteiger charge is -2.38. The molecule has 0 aromatic carbocycles. The lowest BCUT2D eigenvalue weighted by atomic mass is 10.1. The minimum Gasteiger partial charge on any atom is -0.301 e. The zero-order valence-electron chi connectivity index (χ0n) is 14.8. The number of hydrogen-bond donors (Lipinski definition) is 0. The molecule has 1 aliphatic carbocycles. The lowest BCUT2D eigenvalue weighted by Crippen LogP contribution is -2.48. The number of nitrogens with zero attached hydrogens (tertiary/aromatic N) is 6. The van der Waals surface area contributed by atoms with Crippen LogP contribution in [0.3, 0.4) is 0 Å². The second-order valence-corrected chi connectivity index (χ2v) is 7.05. The van der Waals surface area contributed by atoms with E-state index in [1.54, 1.807) is 0 Å². The van der Waals surface area contributed by atoms with Crippen LogP contribution >= 0.6 is 0 Å². The Balaban J connectivity index is 1.75. The Labute approximate surface area is 140 Å². The molecule has 1 saturated carbocycles. The molecule has 1 unspecified atom stereocenters. The van der Waals surface area contributed by atoms with Gasteiger partial charge in [-0.3, -0.25) is 4.90 Å². The van der Waals surface area contributed by atoms with Crippen molar-refractivity contribution < 1.29 is 0 Å². The maximum absolute atomic E-state index is 4.47. The third-order valence-corrected chi connectivity index (χ3v) is 5.61. The van der Waals surface area contributed by atoms with Gasteiger partial charge in [-0.25, -0.2) is 4.68 Å². The van der Waals surface area contributed by atoms with Crippen LogP contribution in [-0.2, 0) is 0 Å². The fourth-order valence-corrected chi connectivity index (χ4v) is 4.09. The zero-order chi connectivity index (χ0) is 16.1. The van der Waals surface area contributed by atoms with E-state index < -0.39 is 0 Å². The highest BCUT2D eigenvalue weighted by Gasteiger charge is 2.31. The molecule has 1 aromatic heterocycles. The van der Waals surface area contributed by atoms with Gasteiger partial charge in [-0.15, -0.1) is 5.10 Å². The van der Waals surface area contributed by atoms with Crippen LogP contribution in [0.4, 0.5) is 0 Å². The molecule has 23 heavy (non-hydrogen) atoms. The molecule has 0 spiro atoms. The standard InChI is InChI=1S/C17H32N6/c1-3-5-10-16(22-13-11-21(4-2)12-14-22)17-18-19-20-23(17)15-8-6-7-9-15/h15-16H,3-14H2,1-2H3. The Hall–Kier alpha value is -1.01. The van der Waals surface area contributed by atoms with E-state index in [4.69, 9.17) is 0 Å². The van der Waals surface area contributed by atoms with E-state index >= 15 is 0 Å². The Kier molecular flexibility index (Phi) is 6.00. The van der Waals surface area contributed by atoms with E-state index in [1.807, 2.05) is 0 Å². The zero-order valence-corrected chi connectivity index (χ0v) is 14.8. The van der Waals surface area contributed by atoms with Gasteiger partial charge in [-0.05, 0) is 36.2 Å². The summed E-state index contributed by atoms with van der Waals surface area (Å²) in [5.41, 5.74) is 0. The SMILES string of the molecule is CCCCC(c1nnnn1C1CCCC1)N1CCN(CC)CC1. The first-order chi connectivity index (χ1) is 11.3. The van der Waals surface area contributed by atoms with Crippen LogP contribution in [-0.4, -0.2) is 62.7 Å². The molecule has 3 rings (SSSR count). The fraction of sp³-hybridized carbons (Fsp3) is 0.941. The normalized spacial score (nSPS) is 22.7. The molecule has 0 radical (unpaired) electrons.